The number of carbonyl (C=O) groups is 2. The first-order chi connectivity index (χ1) is 15.1. The number of methoxy groups -OCH3 is 1. The van der Waals surface area contributed by atoms with E-state index >= 15 is 0 Å². The molecule has 7 heteroatoms. The predicted octanol–water partition coefficient (Wildman–Crippen LogP) is 5.65. The molecule has 0 bridgehead atoms. The van der Waals surface area contributed by atoms with Crippen LogP contribution >= 0.6 is 23.1 Å². The number of ether oxygens (including phenoxy) is 1. The van der Waals surface area contributed by atoms with E-state index in [2.05, 4.69) is 6.07 Å². The van der Waals surface area contributed by atoms with Crippen LogP contribution in [0.4, 0.5) is 5.13 Å². The number of thioether (sulfide) groups is 1. The summed E-state index contributed by atoms with van der Waals surface area (Å²) in [5.74, 6) is -0.611. The third-order valence-corrected chi connectivity index (χ3v) is 6.56. The molecule has 0 spiro atoms. The Hall–Kier alpha value is -3.16. The summed E-state index contributed by atoms with van der Waals surface area (Å²) in [6, 6.07) is 22.4. The van der Waals surface area contributed by atoms with E-state index in [0.29, 0.717) is 22.8 Å². The molecule has 0 atom stereocenters. The minimum absolute atomic E-state index is 0.176. The fourth-order valence-electron chi connectivity index (χ4n) is 3.15. The average molecular weight is 449 g/mol. The summed E-state index contributed by atoms with van der Waals surface area (Å²) in [6.45, 7) is 0.396. The summed E-state index contributed by atoms with van der Waals surface area (Å²) >= 11 is 3.17. The fraction of sp³-hybridized carbons (Fsp3) is 0.125. The standard InChI is InChI=1S/C24H20N2O3S2/c1-29-23(28)18-10-8-17(9-11-18)22(27)26(15-16-6-4-3-5-7-16)24-25-20-13-12-19(30-2)14-21(20)31-24/h3-14H,15H2,1-2H3. The SMILES string of the molecule is COC(=O)c1ccc(C(=O)N(Cc2ccccc2)c2nc3ccc(SC)cc3s2)cc1. The highest BCUT2D eigenvalue weighted by Crippen LogP contribution is 2.33. The minimum Gasteiger partial charge on any atom is -0.465 e. The van der Waals surface area contributed by atoms with Crippen molar-refractivity contribution in [3.63, 3.8) is 0 Å². The highest BCUT2D eigenvalue weighted by Gasteiger charge is 2.22. The lowest BCUT2D eigenvalue weighted by Crippen LogP contribution is -2.30. The molecular weight excluding hydrogens is 428 g/mol. The number of fused-ring (bicyclic) bond motifs is 1. The van der Waals surface area contributed by atoms with Crippen molar-refractivity contribution < 1.29 is 14.3 Å². The van der Waals surface area contributed by atoms with Crippen molar-refractivity contribution in [2.75, 3.05) is 18.3 Å². The van der Waals surface area contributed by atoms with E-state index in [9.17, 15) is 9.59 Å². The first-order valence-corrected chi connectivity index (χ1v) is 11.6. The van der Waals surface area contributed by atoms with Gasteiger partial charge in [-0.1, -0.05) is 41.7 Å². The number of hydrogen-bond acceptors (Lipinski definition) is 6. The van der Waals surface area contributed by atoms with Gasteiger partial charge in [0.15, 0.2) is 5.13 Å². The minimum atomic E-state index is -0.434. The Bertz CT molecular complexity index is 1220. The maximum atomic E-state index is 13.5. The Kier molecular flexibility index (Phi) is 6.34. The van der Waals surface area contributed by atoms with Crippen LogP contribution in [-0.4, -0.2) is 30.2 Å². The molecule has 5 nitrogen and oxygen atoms in total. The van der Waals surface area contributed by atoms with E-state index in [1.165, 1.54) is 18.4 Å². The van der Waals surface area contributed by atoms with Crippen LogP contribution < -0.4 is 4.90 Å². The van der Waals surface area contributed by atoms with Gasteiger partial charge in [0.25, 0.3) is 5.91 Å². The molecule has 0 aliphatic rings. The Morgan fingerprint density at radius 1 is 1.00 bits per heavy atom. The van der Waals surface area contributed by atoms with E-state index in [0.717, 1.165) is 20.7 Å². The van der Waals surface area contributed by atoms with Gasteiger partial charge in [-0.3, -0.25) is 9.69 Å². The average Bonchev–Trinajstić information content (AvgIpc) is 3.25. The summed E-state index contributed by atoms with van der Waals surface area (Å²) < 4.78 is 5.78. The largest absolute Gasteiger partial charge is 0.465 e. The zero-order chi connectivity index (χ0) is 21.8. The number of nitrogens with zero attached hydrogens (tertiary/aromatic N) is 2. The molecular formula is C24H20N2O3S2. The summed E-state index contributed by atoms with van der Waals surface area (Å²) in [4.78, 5) is 32.8. The molecule has 0 radical (unpaired) electrons. The van der Waals surface area contributed by atoms with Gasteiger partial charge in [-0.15, -0.1) is 11.8 Å². The van der Waals surface area contributed by atoms with Crippen molar-refractivity contribution >= 4 is 50.3 Å². The van der Waals surface area contributed by atoms with E-state index < -0.39 is 5.97 Å². The van der Waals surface area contributed by atoms with E-state index in [4.69, 9.17) is 9.72 Å². The van der Waals surface area contributed by atoms with Crippen LogP contribution in [0, 0.1) is 0 Å². The zero-order valence-corrected chi connectivity index (χ0v) is 18.7. The van der Waals surface area contributed by atoms with Gasteiger partial charge in [0, 0.05) is 10.5 Å². The number of aromatic nitrogens is 1. The van der Waals surface area contributed by atoms with Crippen molar-refractivity contribution in [3.8, 4) is 0 Å². The van der Waals surface area contributed by atoms with Crippen LogP contribution in [0.15, 0.2) is 77.7 Å². The second kappa shape index (κ2) is 9.32. The maximum Gasteiger partial charge on any atom is 0.337 e. The summed E-state index contributed by atoms with van der Waals surface area (Å²) in [5, 5.41) is 0.638. The molecule has 0 fully saturated rings. The maximum absolute atomic E-state index is 13.5. The summed E-state index contributed by atoms with van der Waals surface area (Å²) in [5.41, 5.74) is 2.75. The normalized spacial score (nSPS) is 10.8. The zero-order valence-electron chi connectivity index (χ0n) is 17.1. The second-order valence-corrected chi connectivity index (χ2v) is 8.66. The molecule has 0 saturated heterocycles. The number of anilines is 1. The molecule has 1 amide bonds. The van der Waals surface area contributed by atoms with E-state index in [1.54, 1.807) is 40.9 Å². The van der Waals surface area contributed by atoms with Crippen LogP contribution in [0.25, 0.3) is 10.2 Å². The Morgan fingerprint density at radius 3 is 2.39 bits per heavy atom. The molecule has 1 aromatic heterocycles. The Morgan fingerprint density at radius 2 is 1.71 bits per heavy atom. The predicted molar refractivity (Wildman–Crippen MR) is 126 cm³/mol. The van der Waals surface area contributed by atoms with E-state index in [-0.39, 0.29) is 5.91 Å². The number of thiazole rings is 1. The molecule has 156 valence electrons. The lowest BCUT2D eigenvalue weighted by molar-refractivity contribution is 0.0600. The highest BCUT2D eigenvalue weighted by molar-refractivity contribution is 7.98. The van der Waals surface area contributed by atoms with Gasteiger partial charge in [-0.2, -0.15) is 0 Å². The van der Waals surface area contributed by atoms with Crippen LogP contribution in [0.5, 0.6) is 0 Å². The van der Waals surface area contributed by atoms with Crippen molar-refractivity contribution in [2.45, 2.75) is 11.4 Å². The molecule has 0 aliphatic heterocycles. The Balaban J connectivity index is 1.72. The third-order valence-electron chi connectivity index (χ3n) is 4.80. The molecule has 0 saturated carbocycles. The van der Waals surface area contributed by atoms with Crippen LogP contribution in [-0.2, 0) is 11.3 Å². The molecule has 31 heavy (non-hydrogen) atoms. The third kappa shape index (κ3) is 4.62. The number of hydrogen-bond donors (Lipinski definition) is 0. The van der Waals surface area contributed by atoms with Gasteiger partial charge in [0.2, 0.25) is 0 Å². The van der Waals surface area contributed by atoms with Gasteiger partial charge >= 0.3 is 5.97 Å². The molecule has 4 rings (SSSR count). The smallest absolute Gasteiger partial charge is 0.337 e. The fourth-order valence-corrected chi connectivity index (χ4v) is 4.67. The van der Waals surface area contributed by atoms with Gasteiger partial charge < -0.3 is 4.74 Å². The molecule has 0 N–H and O–H groups in total. The van der Waals surface area contributed by atoms with Crippen LogP contribution in [0.3, 0.4) is 0 Å². The number of esters is 1. The Labute approximate surface area is 188 Å². The quantitative estimate of drug-likeness (QED) is 0.282. The molecule has 0 aliphatic carbocycles. The van der Waals surface area contributed by atoms with Crippen molar-refractivity contribution in [1.29, 1.82) is 0 Å². The van der Waals surface area contributed by atoms with Crippen molar-refractivity contribution in [1.82, 2.24) is 4.98 Å². The van der Waals surface area contributed by atoms with Crippen molar-refractivity contribution in [3.05, 3.63) is 89.5 Å². The topological polar surface area (TPSA) is 59.5 Å². The van der Waals surface area contributed by atoms with Gasteiger partial charge in [0.1, 0.15) is 0 Å². The number of carbonyl (C=O) groups excluding carboxylic acids is 2. The molecule has 3 aromatic carbocycles. The van der Waals surface area contributed by atoms with Gasteiger partial charge in [-0.05, 0) is 54.3 Å². The summed E-state index contributed by atoms with van der Waals surface area (Å²) in [7, 11) is 1.33. The number of benzene rings is 3. The molecule has 4 aromatic rings. The first kappa shape index (κ1) is 21.1. The lowest BCUT2D eigenvalue weighted by Gasteiger charge is -2.20. The van der Waals surface area contributed by atoms with E-state index in [1.807, 2.05) is 48.7 Å². The van der Waals surface area contributed by atoms with Crippen LogP contribution in [0.2, 0.25) is 0 Å². The van der Waals surface area contributed by atoms with Crippen LogP contribution in [0.1, 0.15) is 26.3 Å². The number of rotatable bonds is 6. The molecule has 1 heterocycles. The highest BCUT2D eigenvalue weighted by atomic mass is 32.2. The monoisotopic (exact) mass is 448 g/mol. The summed E-state index contributed by atoms with van der Waals surface area (Å²) in [6.07, 6.45) is 2.03. The second-order valence-electron chi connectivity index (χ2n) is 6.78. The van der Waals surface area contributed by atoms with Crippen molar-refractivity contribution in [2.24, 2.45) is 0 Å². The lowest BCUT2D eigenvalue weighted by atomic mass is 10.1. The van der Waals surface area contributed by atoms with Gasteiger partial charge in [0.05, 0.1) is 29.4 Å². The van der Waals surface area contributed by atoms with Gasteiger partial charge in [-0.25, -0.2) is 9.78 Å². The molecule has 0 unspecified atom stereocenters. The number of amides is 1. The first-order valence-electron chi connectivity index (χ1n) is 9.58.